The van der Waals surface area contributed by atoms with Crippen LogP contribution in [0.4, 0.5) is 5.69 Å². The van der Waals surface area contributed by atoms with Crippen LogP contribution in [0.15, 0.2) is 70.2 Å². The van der Waals surface area contributed by atoms with Crippen LogP contribution in [-0.2, 0) is 6.42 Å². The SMILES string of the molecule is CC12CC=C(c3ccc4c(c3)OCO4)C=C1C(Nc1ccc(CC#N)cc1)=NC=N2. The summed E-state index contributed by atoms with van der Waals surface area (Å²) in [5, 5.41) is 12.3. The van der Waals surface area contributed by atoms with Crippen molar-refractivity contribution in [2.45, 2.75) is 25.3 Å². The predicted octanol–water partition coefficient (Wildman–Crippen LogP) is 4.51. The van der Waals surface area contributed by atoms with Gasteiger partial charge in [-0.1, -0.05) is 24.3 Å². The van der Waals surface area contributed by atoms with Crippen molar-refractivity contribution in [3.05, 3.63) is 71.3 Å². The van der Waals surface area contributed by atoms with Gasteiger partial charge in [0.1, 0.15) is 12.2 Å². The van der Waals surface area contributed by atoms with E-state index in [4.69, 9.17) is 14.7 Å². The summed E-state index contributed by atoms with van der Waals surface area (Å²) in [7, 11) is 0. The summed E-state index contributed by atoms with van der Waals surface area (Å²) in [4.78, 5) is 9.17. The van der Waals surface area contributed by atoms with E-state index in [1.807, 2.05) is 42.5 Å². The Morgan fingerprint density at radius 2 is 1.97 bits per heavy atom. The second-order valence-electron chi connectivity index (χ2n) is 7.64. The molecule has 3 aliphatic rings. The smallest absolute Gasteiger partial charge is 0.231 e. The van der Waals surface area contributed by atoms with Gasteiger partial charge in [0.05, 0.1) is 18.0 Å². The number of nitriles is 1. The van der Waals surface area contributed by atoms with Crippen LogP contribution in [0.25, 0.3) is 5.57 Å². The number of nitrogens with zero attached hydrogens (tertiary/aromatic N) is 3. The summed E-state index contributed by atoms with van der Waals surface area (Å²) in [6, 6.07) is 16.0. The summed E-state index contributed by atoms with van der Waals surface area (Å²) in [5.41, 5.74) is 4.78. The fourth-order valence-electron chi connectivity index (χ4n) is 3.83. The van der Waals surface area contributed by atoms with E-state index in [-0.39, 0.29) is 12.3 Å². The van der Waals surface area contributed by atoms with Gasteiger partial charge in [-0.3, -0.25) is 4.99 Å². The molecule has 2 heterocycles. The van der Waals surface area contributed by atoms with Gasteiger partial charge in [0.2, 0.25) is 6.79 Å². The summed E-state index contributed by atoms with van der Waals surface area (Å²) in [6.45, 7) is 2.38. The molecule has 1 atom stereocenters. The van der Waals surface area contributed by atoms with E-state index >= 15 is 0 Å². The third-order valence-corrected chi connectivity index (χ3v) is 5.59. The molecule has 0 radical (unpaired) electrons. The zero-order valence-corrected chi connectivity index (χ0v) is 16.6. The van der Waals surface area contributed by atoms with Crippen molar-refractivity contribution in [3.63, 3.8) is 0 Å². The van der Waals surface area contributed by atoms with E-state index in [0.717, 1.165) is 51.7 Å². The van der Waals surface area contributed by atoms with Crippen LogP contribution in [0.2, 0.25) is 0 Å². The number of hydrogen-bond donors (Lipinski definition) is 1. The second kappa shape index (κ2) is 7.20. The minimum absolute atomic E-state index is 0.263. The molecule has 0 aromatic heterocycles. The molecule has 1 unspecified atom stereocenters. The highest BCUT2D eigenvalue weighted by atomic mass is 16.7. The van der Waals surface area contributed by atoms with Crippen LogP contribution in [0, 0.1) is 11.3 Å². The highest BCUT2D eigenvalue weighted by Crippen LogP contribution is 2.40. The lowest BCUT2D eigenvalue weighted by Gasteiger charge is -2.34. The van der Waals surface area contributed by atoms with E-state index in [9.17, 15) is 0 Å². The Hall–Kier alpha value is -3.85. The van der Waals surface area contributed by atoms with E-state index in [0.29, 0.717) is 6.42 Å². The summed E-state index contributed by atoms with van der Waals surface area (Å²) in [5.74, 6) is 2.33. The number of anilines is 1. The van der Waals surface area contributed by atoms with Crippen LogP contribution >= 0.6 is 0 Å². The maximum atomic E-state index is 8.85. The molecule has 6 nitrogen and oxygen atoms in total. The van der Waals surface area contributed by atoms with Gasteiger partial charge >= 0.3 is 0 Å². The summed E-state index contributed by atoms with van der Waals surface area (Å²) >= 11 is 0. The molecule has 0 bridgehead atoms. The summed E-state index contributed by atoms with van der Waals surface area (Å²) < 4.78 is 11.0. The van der Waals surface area contributed by atoms with Gasteiger partial charge in [-0.15, -0.1) is 0 Å². The van der Waals surface area contributed by atoms with Crippen LogP contribution < -0.4 is 14.8 Å². The Morgan fingerprint density at radius 1 is 1.13 bits per heavy atom. The standard InChI is InChI=1S/C24H20N4O2/c1-24-10-8-18(17-4-7-21-22(13-17)30-15-29-21)12-20(24)23(26-14-27-24)28-19-5-2-16(3-6-19)9-11-25/h2-8,12-14H,9-10,15H2,1H3,(H,26,27,28). The minimum Gasteiger partial charge on any atom is -0.454 e. The molecule has 148 valence electrons. The largest absolute Gasteiger partial charge is 0.454 e. The molecular formula is C24H20N4O2. The van der Waals surface area contributed by atoms with Gasteiger partial charge in [-0.2, -0.15) is 5.26 Å². The van der Waals surface area contributed by atoms with Gasteiger partial charge in [0, 0.05) is 11.3 Å². The fraction of sp³-hybridized carbons (Fsp3) is 0.208. The second-order valence-corrected chi connectivity index (χ2v) is 7.64. The molecule has 2 aromatic rings. The number of rotatable bonds is 3. The van der Waals surface area contributed by atoms with Crippen molar-refractivity contribution in [3.8, 4) is 17.6 Å². The third kappa shape index (κ3) is 3.25. The normalized spacial score (nSPS) is 21.1. The maximum absolute atomic E-state index is 8.85. The van der Waals surface area contributed by atoms with Gasteiger partial charge in [-0.25, -0.2) is 4.99 Å². The van der Waals surface area contributed by atoms with Crippen molar-refractivity contribution in [1.82, 2.24) is 0 Å². The molecule has 0 saturated carbocycles. The lowest BCUT2D eigenvalue weighted by molar-refractivity contribution is 0.174. The first kappa shape index (κ1) is 18.2. The molecule has 30 heavy (non-hydrogen) atoms. The average Bonchev–Trinajstić information content (AvgIpc) is 3.23. The van der Waals surface area contributed by atoms with E-state index < -0.39 is 0 Å². The maximum Gasteiger partial charge on any atom is 0.231 e. The molecule has 1 N–H and O–H groups in total. The number of benzene rings is 2. The molecule has 1 aliphatic carbocycles. The number of amidine groups is 1. The Morgan fingerprint density at radius 3 is 2.80 bits per heavy atom. The zero-order valence-electron chi connectivity index (χ0n) is 16.6. The number of ether oxygens (including phenoxy) is 2. The van der Waals surface area contributed by atoms with Crippen molar-refractivity contribution in [2.24, 2.45) is 9.98 Å². The Bertz CT molecular complexity index is 1170. The molecule has 5 rings (SSSR count). The summed E-state index contributed by atoms with van der Waals surface area (Å²) in [6.07, 6.45) is 7.16. The van der Waals surface area contributed by atoms with Crippen LogP contribution in [0.5, 0.6) is 11.5 Å². The molecular weight excluding hydrogens is 376 g/mol. The number of fused-ring (bicyclic) bond motifs is 2. The number of nitrogens with one attached hydrogen (secondary N) is 1. The first-order valence-electron chi connectivity index (χ1n) is 9.82. The first-order valence-corrected chi connectivity index (χ1v) is 9.82. The van der Waals surface area contributed by atoms with E-state index in [1.165, 1.54) is 0 Å². The quantitative estimate of drug-likeness (QED) is 0.828. The van der Waals surface area contributed by atoms with Crippen LogP contribution in [0.3, 0.4) is 0 Å². The predicted molar refractivity (Wildman–Crippen MR) is 117 cm³/mol. The zero-order chi connectivity index (χ0) is 20.6. The number of allylic oxidation sites excluding steroid dienone is 2. The van der Waals surface area contributed by atoms with Gasteiger partial charge in [0.15, 0.2) is 11.5 Å². The fourth-order valence-corrected chi connectivity index (χ4v) is 3.83. The molecule has 0 fully saturated rings. The minimum atomic E-state index is -0.356. The van der Waals surface area contributed by atoms with Gasteiger partial charge < -0.3 is 14.8 Å². The van der Waals surface area contributed by atoms with Crippen molar-refractivity contribution >= 4 is 23.4 Å². The van der Waals surface area contributed by atoms with Crippen molar-refractivity contribution in [2.75, 3.05) is 12.1 Å². The number of aliphatic imine (C=N–C) groups is 2. The number of hydrogen-bond acceptors (Lipinski definition) is 6. The van der Waals surface area contributed by atoms with E-state index in [1.54, 1.807) is 6.34 Å². The van der Waals surface area contributed by atoms with E-state index in [2.05, 4.69) is 40.4 Å². The highest BCUT2D eigenvalue weighted by Gasteiger charge is 2.35. The Balaban J connectivity index is 1.45. The van der Waals surface area contributed by atoms with Gasteiger partial charge in [-0.05, 0) is 60.4 Å². The molecule has 6 heteroatoms. The van der Waals surface area contributed by atoms with Crippen LogP contribution in [0.1, 0.15) is 24.5 Å². The molecule has 0 amide bonds. The molecule has 0 spiro atoms. The van der Waals surface area contributed by atoms with Crippen molar-refractivity contribution < 1.29 is 9.47 Å². The molecule has 0 saturated heterocycles. The highest BCUT2D eigenvalue weighted by molar-refractivity contribution is 6.15. The van der Waals surface area contributed by atoms with Crippen LogP contribution in [-0.4, -0.2) is 24.5 Å². The van der Waals surface area contributed by atoms with Gasteiger partial charge in [0.25, 0.3) is 0 Å². The lowest BCUT2D eigenvalue weighted by Crippen LogP contribution is -2.36. The molecule has 2 aromatic carbocycles. The lowest BCUT2D eigenvalue weighted by atomic mass is 9.80. The topological polar surface area (TPSA) is 79.0 Å². The Labute approximate surface area is 174 Å². The Kier molecular flexibility index (Phi) is 4.36. The van der Waals surface area contributed by atoms with Crippen molar-refractivity contribution in [1.29, 1.82) is 5.26 Å². The first-order chi connectivity index (χ1) is 14.6. The monoisotopic (exact) mass is 396 g/mol. The third-order valence-electron chi connectivity index (χ3n) is 5.59. The average molecular weight is 396 g/mol. The molecule has 2 aliphatic heterocycles.